The molecule has 0 fully saturated rings. The number of rotatable bonds is 11. The molecule has 8 heteroatoms. The lowest BCUT2D eigenvalue weighted by molar-refractivity contribution is -0.245. The van der Waals surface area contributed by atoms with Crippen molar-refractivity contribution < 1.29 is 32.8 Å². The number of aryl methyl sites for hydroxylation is 1. The van der Waals surface area contributed by atoms with E-state index in [0.29, 0.717) is 17.9 Å². The molecule has 0 bridgehead atoms. The Morgan fingerprint density at radius 3 is 2.43 bits per heavy atom. The second-order valence-corrected chi connectivity index (χ2v) is 7.49. The maximum atomic E-state index is 12.7. The van der Waals surface area contributed by atoms with Crippen molar-refractivity contribution >= 4 is 17.8 Å². The van der Waals surface area contributed by atoms with Gasteiger partial charge in [0.2, 0.25) is 0 Å². The lowest BCUT2D eigenvalue weighted by Crippen LogP contribution is -2.12. The summed E-state index contributed by atoms with van der Waals surface area (Å²) >= 11 is 1.62. The van der Waals surface area contributed by atoms with E-state index < -0.39 is 11.7 Å². The molecule has 164 valence electrons. The van der Waals surface area contributed by atoms with Crippen molar-refractivity contribution in [3.8, 4) is 5.75 Å². The molecule has 1 N–H and O–H groups in total. The smallest absolute Gasteiger partial charge is 0.416 e. The fourth-order valence-corrected chi connectivity index (χ4v) is 3.60. The Labute approximate surface area is 178 Å². The Kier molecular flexibility index (Phi) is 9.71. The van der Waals surface area contributed by atoms with Crippen LogP contribution in [-0.4, -0.2) is 36.9 Å². The van der Waals surface area contributed by atoms with Gasteiger partial charge in [0.25, 0.3) is 0 Å². The van der Waals surface area contributed by atoms with E-state index in [2.05, 4.69) is 4.89 Å². The van der Waals surface area contributed by atoms with Crippen LogP contribution in [0.3, 0.4) is 0 Å². The Morgan fingerprint density at radius 2 is 1.83 bits per heavy atom. The van der Waals surface area contributed by atoms with Gasteiger partial charge in [-0.3, -0.25) is 5.26 Å². The number of halogens is 3. The maximum absolute atomic E-state index is 12.7. The van der Waals surface area contributed by atoms with Gasteiger partial charge in [-0.05, 0) is 55.3 Å². The maximum Gasteiger partial charge on any atom is 0.416 e. The fraction of sp³-hybridized carbons (Fsp3) is 0.364. The highest BCUT2D eigenvalue weighted by Crippen LogP contribution is 2.29. The standard InChI is InChI=1S/C22H25F3O4S/c1-3-27-19(9-6-17-4-7-18(8-5-17)22(23,24)25)15-30-20-10-11-21(16(2)14-20)28-12-13-29-26/h4-11,14,19,26H,3,12-13,15H2,1-2H3/b9-6+. The van der Waals surface area contributed by atoms with Gasteiger partial charge in [-0.15, -0.1) is 11.8 Å². The van der Waals surface area contributed by atoms with Crippen LogP contribution in [0.1, 0.15) is 23.6 Å². The zero-order chi connectivity index (χ0) is 22.0. The highest BCUT2D eigenvalue weighted by atomic mass is 32.2. The van der Waals surface area contributed by atoms with Crippen molar-refractivity contribution in [2.45, 2.75) is 31.0 Å². The predicted octanol–water partition coefficient (Wildman–Crippen LogP) is 6.09. The van der Waals surface area contributed by atoms with Gasteiger partial charge in [0.15, 0.2) is 0 Å². The van der Waals surface area contributed by atoms with Crippen LogP contribution in [0, 0.1) is 6.92 Å². The summed E-state index contributed by atoms with van der Waals surface area (Å²) in [6.45, 7) is 4.71. The van der Waals surface area contributed by atoms with Crippen LogP contribution in [0.5, 0.6) is 5.75 Å². The molecule has 0 aliphatic carbocycles. The third-order valence-corrected chi connectivity index (χ3v) is 5.20. The van der Waals surface area contributed by atoms with Crippen molar-refractivity contribution in [3.63, 3.8) is 0 Å². The normalized spacial score (nSPS) is 13.0. The summed E-state index contributed by atoms with van der Waals surface area (Å²) < 4.78 is 49.2. The summed E-state index contributed by atoms with van der Waals surface area (Å²) in [5, 5.41) is 8.34. The molecule has 0 saturated heterocycles. The summed E-state index contributed by atoms with van der Waals surface area (Å²) in [5.41, 5.74) is 0.983. The molecule has 0 amide bonds. The van der Waals surface area contributed by atoms with E-state index >= 15 is 0 Å². The molecular formula is C22H25F3O4S. The van der Waals surface area contributed by atoms with Gasteiger partial charge in [0, 0.05) is 17.3 Å². The first-order chi connectivity index (χ1) is 14.3. The summed E-state index contributed by atoms with van der Waals surface area (Å²) in [4.78, 5) is 5.04. The van der Waals surface area contributed by atoms with Gasteiger partial charge < -0.3 is 9.47 Å². The Balaban J connectivity index is 1.95. The topological polar surface area (TPSA) is 47.9 Å². The molecule has 2 aromatic carbocycles. The van der Waals surface area contributed by atoms with Gasteiger partial charge in [-0.2, -0.15) is 13.2 Å². The molecule has 2 aromatic rings. The summed E-state index contributed by atoms with van der Waals surface area (Å²) in [6.07, 6.45) is -0.886. The highest BCUT2D eigenvalue weighted by Gasteiger charge is 2.29. The van der Waals surface area contributed by atoms with Crippen LogP contribution in [-0.2, 0) is 15.8 Å². The van der Waals surface area contributed by atoms with Crippen molar-refractivity contribution in [3.05, 3.63) is 65.2 Å². The SMILES string of the molecule is CCOC(/C=C/c1ccc(C(F)(F)F)cc1)CSc1ccc(OCCOO)c(C)c1. The first-order valence-electron chi connectivity index (χ1n) is 9.43. The van der Waals surface area contributed by atoms with Gasteiger partial charge in [0.1, 0.15) is 19.0 Å². The van der Waals surface area contributed by atoms with Crippen LogP contribution in [0.2, 0.25) is 0 Å². The zero-order valence-electron chi connectivity index (χ0n) is 16.8. The first-order valence-corrected chi connectivity index (χ1v) is 10.4. The van der Waals surface area contributed by atoms with E-state index in [0.717, 1.165) is 28.3 Å². The monoisotopic (exact) mass is 442 g/mol. The molecule has 30 heavy (non-hydrogen) atoms. The van der Waals surface area contributed by atoms with Crippen molar-refractivity contribution in [2.24, 2.45) is 0 Å². The number of ether oxygens (including phenoxy) is 2. The molecular weight excluding hydrogens is 417 g/mol. The van der Waals surface area contributed by atoms with E-state index in [4.69, 9.17) is 14.7 Å². The number of hydrogen-bond donors (Lipinski definition) is 1. The van der Waals surface area contributed by atoms with Crippen LogP contribution in [0.4, 0.5) is 13.2 Å². The molecule has 0 aliphatic heterocycles. The minimum absolute atomic E-state index is 0.0945. The molecule has 0 aliphatic rings. The Morgan fingerprint density at radius 1 is 1.10 bits per heavy atom. The van der Waals surface area contributed by atoms with Crippen LogP contribution >= 0.6 is 11.8 Å². The summed E-state index contributed by atoms with van der Waals surface area (Å²) in [6, 6.07) is 10.8. The lowest BCUT2D eigenvalue weighted by Gasteiger charge is -2.14. The Bertz CT molecular complexity index is 807. The minimum Gasteiger partial charge on any atom is -0.491 e. The van der Waals surface area contributed by atoms with E-state index in [-0.39, 0.29) is 19.3 Å². The molecule has 4 nitrogen and oxygen atoms in total. The number of benzene rings is 2. The van der Waals surface area contributed by atoms with Gasteiger partial charge in [-0.25, -0.2) is 4.89 Å². The van der Waals surface area contributed by atoms with Crippen LogP contribution in [0.15, 0.2) is 53.4 Å². The number of alkyl halides is 3. The molecule has 2 rings (SSSR count). The van der Waals surface area contributed by atoms with Gasteiger partial charge >= 0.3 is 6.18 Å². The number of thioether (sulfide) groups is 1. The third kappa shape index (κ3) is 8.02. The molecule has 0 aromatic heterocycles. The second-order valence-electron chi connectivity index (χ2n) is 6.39. The Hall–Kier alpha value is -2.00. The van der Waals surface area contributed by atoms with E-state index in [1.165, 1.54) is 12.1 Å². The largest absolute Gasteiger partial charge is 0.491 e. The molecule has 1 unspecified atom stereocenters. The predicted molar refractivity (Wildman–Crippen MR) is 112 cm³/mol. The number of hydrogen-bond acceptors (Lipinski definition) is 5. The first kappa shape index (κ1) is 24.3. The highest BCUT2D eigenvalue weighted by molar-refractivity contribution is 7.99. The van der Waals surface area contributed by atoms with Gasteiger partial charge in [-0.1, -0.05) is 24.3 Å². The molecule has 0 spiro atoms. The van der Waals surface area contributed by atoms with Crippen molar-refractivity contribution in [2.75, 3.05) is 25.6 Å². The molecule has 0 radical (unpaired) electrons. The second kappa shape index (κ2) is 12.0. The van der Waals surface area contributed by atoms with E-state index in [1.54, 1.807) is 17.8 Å². The summed E-state index contributed by atoms with van der Waals surface area (Å²) in [7, 11) is 0. The average Bonchev–Trinajstić information content (AvgIpc) is 2.71. The molecule has 0 saturated carbocycles. The fourth-order valence-electron chi connectivity index (χ4n) is 2.62. The van der Waals surface area contributed by atoms with Crippen molar-refractivity contribution in [1.82, 2.24) is 0 Å². The van der Waals surface area contributed by atoms with Crippen molar-refractivity contribution in [1.29, 1.82) is 0 Å². The average molecular weight is 442 g/mol. The van der Waals surface area contributed by atoms with E-state index in [9.17, 15) is 13.2 Å². The third-order valence-electron chi connectivity index (χ3n) is 4.11. The van der Waals surface area contributed by atoms with Crippen LogP contribution in [0.25, 0.3) is 6.08 Å². The summed E-state index contributed by atoms with van der Waals surface area (Å²) in [5.74, 6) is 1.38. The minimum atomic E-state index is -4.34. The molecule has 0 heterocycles. The molecule has 1 atom stereocenters. The van der Waals surface area contributed by atoms with Gasteiger partial charge in [0.05, 0.1) is 11.7 Å². The van der Waals surface area contributed by atoms with Crippen LogP contribution < -0.4 is 4.74 Å². The lowest BCUT2D eigenvalue weighted by atomic mass is 10.1. The van der Waals surface area contributed by atoms with E-state index in [1.807, 2.05) is 38.1 Å². The zero-order valence-corrected chi connectivity index (χ0v) is 17.6. The quantitative estimate of drug-likeness (QED) is 0.197.